The van der Waals surface area contributed by atoms with Crippen LogP contribution in [0, 0.1) is 0 Å². The molecule has 2 unspecified atom stereocenters. The number of nitrogens with zero attached hydrogens (tertiary/aromatic N) is 1. The summed E-state index contributed by atoms with van der Waals surface area (Å²) in [5, 5.41) is 2.54. The van der Waals surface area contributed by atoms with Crippen molar-refractivity contribution in [2.75, 3.05) is 0 Å². The van der Waals surface area contributed by atoms with Crippen molar-refractivity contribution in [1.82, 2.24) is 4.57 Å². The predicted octanol–water partition coefficient (Wildman–Crippen LogP) is 14.4. The molecule has 0 saturated carbocycles. The minimum Gasteiger partial charge on any atom is -0.309 e. The molecule has 0 amide bonds. The highest BCUT2D eigenvalue weighted by Crippen LogP contribution is 2.52. The Morgan fingerprint density at radius 3 is 1.49 bits per heavy atom. The first-order valence-corrected chi connectivity index (χ1v) is 20.0. The molecule has 0 saturated heterocycles. The van der Waals surface area contributed by atoms with E-state index in [9.17, 15) is 0 Å². The summed E-state index contributed by atoms with van der Waals surface area (Å²) < 4.78 is 2.49. The second-order valence-corrected chi connectivity index (χ2v) is 15.6. The first-order valence-electron chi connectivity index (χ1n) is 20.0. The summed E-state index contributed by atoms with van der Waals surface area (Å²) in [6, 6.07) is 78.9. The molecule has 1 nitrogen and oxygen atoms in total. The van der Waals surface area contributed by atoms with E-state index >= 15 is 0 Å². The average molecular weight is 724 g/mol. The number of rotatable bonds is 5. The van der Waals surface area contributed by atoms with Gasteiger partial charge in [-0.15, -0.1) is 0 Å². The third kappa shape index (κ3) is 4.95. The van der Waals surface area contributed by atoms with E-state index < -0.39 is 0 Å². The zero-order valence-electron chi connectivity index (χ0n) is 31.3. The predicted molar refractivity (Wildman–Crippen MR) is 237 cm³/mol. The molecule has 0 radical (unpaired) electrons. The molecule has 1 heteroatoms. The van der Waals surface area contributed by atoms with Crippen LogP contribution in [-0.2, 0) is 0 Å². The number of aromatic nitrogens is 1. The molecule has 57 heavy (non-hydrogen) atoms. The molecule has 10 aromatic rings. The lowest BCUT2D eigenvalue weighted by Gasteiger charge is -2.15. The van der Waals surface area contributed by atoms with E-state index in [2.05, 4.69) is 217 Å². The van der Waals surface area contributed by atoms with Gasteiger partial charge in [-0.25, -0.2) is 0 Å². The lowest BCUT2D eigenvalue weighted by molar-refractivity contribution is 1.02. The molecule has 0 N–H and O–H groups in total. The molecule has 1 heterocycles. The molecule has 2 aliphatic carbocycles. The lowest BCUT2D eigenvalue weighted by atomic mass is 9.88. The van der Waals surface area contributed by atoms with Crippen LogP contribution in [0.15, 0.2) is 212 Å². The van der Waals surface area contributed by atoms with Crippen molar-refractivity contribution in [1.29, 1.82) is 0 Å². The van der Waals surface area contributed by atoms with Crippen LogP contribution in [0.5, 0.6) is 0 Å². The maximum absolute atomic E-state index is 2.51. The summed E-state index contributed by atoms with van der Waals surface area (Å²) >= 11 is 0. The Hall–Kier alpha value is -7.22. The van der Waals surface area contributed by atoms with E-state index in [0.29, 0.717) is 0 Å². The molecule has 9 aromatic carbocycles. The van der Waals surface area contributed by atoms with E-state index in [4.69, 9.17) is 0 Å². The van der Waals surface area contributed by atoms with Gasteiger partial charge in [0.15, 0.2) is 0 Å². The molecule has 0 bridgehead atoms. The molecule has 1 aromatic heterocycles. The van der Waals surface area contributed by atoms with Gasteiger partial charge in [0.05, 0.1) is 11.0 Å². The maximum atomic E-state index is 2.51. The summed E-state index contributed by atoms with van der Waals surface area (Å²) in [4.78, 5) is 0. The Kier molecular flexibility index (Phi) is 7.12. The van der Waals surface area contributed by atoms with Crippen molar-refractivity contribution < 1.29 is 0 Å². The minimum absolute atomic E-state index is 0.180. The van der Waals surface area contributed by atoms with Gasteiger partial charge in [0.25, 0.3) is 0 Å². The van der Waals surface area contributed by atoms with Crippen molar-refractivity contribution in [3.05, 3.63) is 246 Å². The summed E-state index contributed by atoms with van der Waals surface area (Å²) in [6.07, 6.45) is 0. The van der Waals surface area contributed by atoms with Crippen LogP contribution in [0.25, 0.3) is 72.0 Å². The van der Waals surface area contributed by atoms with Gasteiger partial charge in [0.1, 0.15) is 0 Å². The summed E-state index contributed by atoms with van der Waals surface area (Å²) in [7, 11) is 0. The number of fused-ring (bicyclic) bond motifs is 9. The van der Waals surface area contributed by atoms with Gasteiger partial charge in [-0.2, -0.15) is 0 Å². The van der Waals surface area contributed by atoms with Crippen LogP contribution in [0.3, 0.4) is 0 Å². The number of benzene rings is 9. The van der Waals surface area contributed by atoms with Crippen LogP contribution < -0.4 is 0 Å². The number of hydrogen-bond acceptors (Lipinski definition) is 0. The van der Waals surface area contributed by atoms with Gasteiger partial charge >= 0.3 is 0 Å². The first kappa shape index (κ1) is 32.1. The molecule has 266 valence electrons. The Labute approximate surface area is 332 Å². The molecule has 12 rings (SSSR count). The topological polar surface area (TPSA) is 4.93 Å². The standard InChI is InChI=1S/C56H37N/c1-4-15-36(16-5-1)39-21-14-22-42(31-39)57-53-30-28-41(40-27-29-47-48(32-40)43-23-10-12-25-45(43)55(47)37-17-6-2-7-18-37)33-50(53)51-34-52-49(35-54(51)57)44-24-11-13-26-46(44)56(52)38-19-8-3-9-20-38/h1-35,55-56H. The van der Waals surface area contributed by atoms with Gasteiger partial charge < -0.3 is 4.57 Å². The highest BCUT2D eigenvalue weighted by atomic mass is 15.0. The van der Waals surface area contributed by atoms with Gasteiger partial charge in [-0.1, -0.05) is 170 Å². The van der Waals surface area contributed by atoms with Crippen LogP contribution in [-0.4, -0.2) is 4.57 Å². The zero-order valence-corrected chi connectivity index (χ0v) is 31.3. The van der Waals surface area contributed by atoms with E-state index in [1.165, 1.54) is 99.7 Å². The first-order chi connectivity index (χ1) is 28.3. The van der Waals surface area contributed by atoms with Crippen molar-refractivity contribution >= 4 is 21.8 Å². The fourth-order valence-electron chi connectivity index (χ4n) is 10.0. The molecule has 0 fully saturated rings. The Bertz CT molecular complexity index is 3170. The van der Waals surface area contributed by atoms with E-state index in [-0.39, 0.29) is 11.8 Å². The number of hydrogen-bond donors (Lipinski definition) is 0. The molecule has 2 atom stereocenters. The Morgan fingerprint density at radius 2 is 0.789 bits per heavy atom. The summed E-state index contributed by atoms with van der Waals surface area (Å²) in [6.45, 7) is 0. The SMILES string of the molecule is c1ccc(-c2cccc(-n3c4ccc(-c5ccc6c(c5)-c5ccccc5C6c5ccccc5)cc4c4cc5c(cc43)-c3ccccc3C5c3ccccc3)c2)cc1. The van der Waals surface area contributed by atoms with Crippen LogP contribution in [0.1, 0.15) is 45.2 Å². The normalized spacial score (nSPS) is 15.0. The smallest absolute Gasteiger partial charge is 0.0547 e. The summed E-state index contributed by atoms with van der Waals surface area (Å²) in [5.74, 6) is 0.418. The quantitative estimate of drug-likeness (QED) is 0.167. The molecule has 0 aliphatic heterocycles. The van der Waals surface area contributed by atoms with Crippen molar-refractivity contribution in [2.24, 2.45) is 0 Å². The highest BCUT2D eigenvalue weighted by Gasteiger charge is 2.32. The monoisotopic (exact) mass is 723 g/mol. The third-order valence-corrected chi connectivity index (χ3v) is 12.5. The second-order valence-electron chi connectivity index (χ2n) is 15.6. The van der Waals surface area contributed by atoms with E-state index in [0.717, 1.165) is 5.69 Å². The highest BCUT2D eigenvalue weighted by molar-refractivity contribution is 6.12. The fraction of sp³-hybridized carbons (Fsp3) is 0.0357. The Morgan fingerprint density at radius 1 is 0.281 bits per heavy atom. The van der Waals surface area contributed by atoms with E-state index in [1.54, 1.807) is 0 Å². The van der Waals surface area contributed by atoms with Gasteiger partial charge in [0.2, 0.25) is 0 Å². The Balaban J connectivity index is 1.09. The summed E-state index contributed by atoms with van der Waals surface area (Å²) in [5.41, 5.74) is 22.0. The molecule has 2 aliphatic rings. The van der Waals surface area contributed by atoms with Crippen molar-refractivity contribution in [3.8, 4) is 50.2 Å². The van der Waals surface area contributed by atoms with Crippen LogP contribution in [0.2, 0.25) is 0 Å². The zero-order chi connectivity index (χ0) is 37.5. The minimum atomic E-state index is 0.180. The van der Waals surface area contributed by atoms with Crippen molar-refractivity contribution in [3.63, 3.8) is 0 Å². The molecular weight excluding hydrogens is 687 g/mol. The second kappa shape index (κ2) is 12.7. The van der Waals surface area contributed by atoms with Crippen molar-refractivity contribution in [2.45, 2.75) is 11.8 Å². The van der Waals surface area contributed by atoms with Crippen LogP contribution in [0.4, 0.5) is 0 Å². The average Bonchev–Trinajstić information content (AvgIpc) is 3.91. The fourth-order valence-corrected chi connectivity index (χ4v) is 10.0. The van der Waals surface area contributed by atoms with Gasteiger partial charge in [-0.05, 0) is 120 Å². The molecule has 0 spiro atoms. The third-order valence-electron chi connectivity index (χ3n) is 12.5. The van der Waals surface area contributed by atoms with E-state index in [1.807, 2.05) is 0 Å². The maximum Gasteiger partial charge on any atom is 0.0547 e. The van der Waals surface area contributed by atoms with Gasteiger partial charge in [0, 0.05) is 28.3 Å². The lowest BCUT2D eigenvalue weighted by Crippen LogP contribution is -1.99. The molecular formula is C56H37N. The van der Waals surface area contributed by atoms with Crippen LogP contribution >= 0.6 is 0 Å². The largest absolute Gasteiger partial charge is 0.309 e. The van der Waals surface area contributed by atoms with Gasteiger partial charge in [-0.3, -0.25) is 0 Å².